The lowest BCUT2D eigenvalue weighted by molar-refractivity contribution is -0.401. The standard InChI is InChI=1S/C16H26N4O5/c1-5-9(3)13(21)18-7-11(17)15(23)20-12(16(24)25)8-19-14(22)10(4)6-2/h11-12H,3-8,17H2,1-2H3,(H,18,21)(H,19,22)(H,20,23)(H,24,25)/p+1/t11-,12-/m0/s1. The maximum Gasteiger partial charge on any atom is 0.328 e. The van der Waals surface area contributed by atoms with Crippen LogP contribution in [0.2, 0.25) is 0 Å². The Hall–Kier alpha value is -2.68. The summed E-state index contributed by atoms with van der Waals surface area (Å²) < 4.78 is 0. The smallest absolute Gasteiger partial charge is 0.328 e. The first-order valence-corrected chi connectivity index (χ1v) is 7.92. The zero-order chi connectivity index (χ0) is 19.6. The molecule has 0 radical (unpaired) electrons. The van der Waals surface area contributed by atoms with Crippen molar-refractivity contribution in [2.45, 2.75) is 38.8 Å². The van der Waals surface area contributed by atoms with Gasteiger partial charge in [-0.15, -0.1) is 0 Å². The van der Waals surface area contributed by atoms with Gasteiger partial charge in [0.15, 0.2) is 6.04 Å². The molecule has 7 N–H and O–H groups in total. The number of quaternary nitrogens is 1. The molecular weight excluding hydrogens is 328 g/mol. The topological polar surface area (TPSA) is 152 Å². The molecule has 0 unspecified atom stereocenters. The summed E-state index contributed by atoms with van der Waals surface area (Å²) >= 11 is 0. The highest BCUT2D eigenvalue weighted by molar-refractivity contribution is 5.94. The predicted molar refractivity (Wildman–Crippen MR) is 91.1 cm³/mol. The van der Waals surface area contributed by atoms with E-state index in [1.807, 2.05) is 0 Å². The van der Waals surface area contributed by atoms with Crippen LogP contribution in [-0.2, 0) is 19.2 Å². The number of carboxylic acids is 1. The van der Waals surface area contributed by atoms with Crippen LogP contribution < -0.4 is 21.7 Å². The van der Waals surface area contributed by atoms with Crippen LogP contribution in [0.1, 0.15) is 26.7 Å². The number of rotatable bonds is 11. The minimum Gasteiger partial charge on any atom is -0.480 e. The molecule has 0 aliphatic carbocycles. The van der Waals surface area contributed by atoms with Gasteiger partial charge in [0, 0.05) is 17.7 Å². The van der Waals surface area contributed by atoms with Crippen LogP contribution in [0.15, 0.2) is 24.3 Å². The Bertz CT molecular complexity index is 559. The van der Waals surface area contributed by atoms with E-state index >= 15 is 0 Å². The summed E-state index contributed by atoms with van der Waals surface area (Å²) in [6, 6.07) is -2.21. The summed E-state index contributed by atoms with van der Waals surface area (Å²) in [5, 5.41) is 16.3. The van der Waals surface area contributed by atoms with E-state index in [0.29, 0.717) is 24.0 Å². The number of hydrogen-bond acceptors (Lipinski definition) is 4. The fourth-order valence-electron chi connectivity index (χ4n) is 1.56. The minimum atomic E-state index is -1.31. The van der Waals surface area contributed by atoms with E-state index < -0.39 is 29.9 Å². The van der Waals surface area contributed by atoms with Gasteiger partial charge in [-0.05, 0) is 12.8 Å². The maximum atomic E-state index is 12.0. The molecule has 25 heavy (non-hydrogen) atoms. The van der Waals surface area contributed by atoms with E-state index in [1.54, 1.807) is 13.8 Å². The van der Waals surface area contributed by atoms with Crippen LogP contribution in [0.3, 0.4) is 0 Å². The normalized spacial score (nSPS) is 12.4. The second kappa shape index (κ2) is 11.0. The molecule has 0 aliphatic heterocycles. The Morgan fingerprint density at radius 2 is 1.40 bits per heavy atom. The van der Waals surface area contributed by atoms with Crippen LogP contribution >= 0.6 is 0 Å². The molecule has 9 heteroatoms. The van der Waals surface area contributed by atoms with Crippen LogP contribution in [-0.4, -0.2) is 54.0 Å². The molecule has 0 aromatic carbocycles. The molecule has 0 aromatic heterocycles. The largest absolute Gasteiger partial charge is 0.480 e. The van der Waals surface area contributed by atoms with Gasteiger partial charge < -0.3 is 26.8 Å². The van der Waals surface area contributed by atoms with Crippen molar-refractivity contribution in [2.24, 2.45) is 0 Å². The van der Waals surface area contributed by atoms with Gasteiger partial charge in [-0.25, -0.2) is 4.79 Å². The van der Waals surface area contributed by atoms with E-state index in [0.717, 1.165) is 0 Å². The van der Waals surface area contributed by atoms with Gasteiger partial charge in [0.2, 0.25) is 11.8 Å². The molecule has 0 heterocycles. The summed E-state index contributed by atoms with van der Waals surface area (Å²) in [7, 11) is 0. The molecule has 0 saturated carbocycles. The van der Waals surface area contributed by atoms with Crippen molar-refractivity contribution in [3.8, 4) is 0 Å². The number of carbonyl (C=O) groups is 4. The first-order valence-electron chi connectivity index (χ1n) is 7.92. The zero-order valence-corrected chi connectivity index (χ0v) is 14.7. The lowest BCUT2D eigenvalue weighted by Gasteiger charge is -2.17. The Kier molecular flexibility index (Phi) is 9.80. The minimum absolute atomic E-state index is 0.0605. The average Bonchev–Trinajstić information content (AvgIpc) is 2.60. The quantitative estimate of drug-likeness (QED) is 0.281. The SMILES string of the molecule is C=C(CC)C(=O)NC[C@H](NC(=O)[C@@H]([NH3+])CNC(=O)C(=C)CC)C(=O)O. The summed E-state index contributed by atoms with van der Waals surface area (Å²) in [5.74, 6) is -2.81. The molecule has 0 saturated heterocycles. The van der Waals surface area contributed by atoms with Gasteiger partial charge in [-0.2, -0.15) is 0 Å². The van der Waals surface area contributed by atoms with E-state index in [2.05, 4.69) is 34.8 Å². The van der Waals surface area contributed by atoms with Crippen molar-refractivity contribution in [1.82, 2.24) is 16.0 Å². The van der Waals surface area contributed by atoms with Crippen LogP contribution in [0, 0.1) is 0 Å². The van der Waals surface area contributed by atoms with Crippen molar-refractivity contribution in [3.63, 3.8) is 0 Å². The average molecular weight is 355 g/mol. The summed E-state index contributed by atoms with van der Waals surface area (Å²) in [6.07, 6.45) is 0.906. The van der Waals surface area contributed by atoms with E-state index in [4.69, 9.17) is 5.11 Å². The van der Waals surface area contributed by atoms with Crippen LogP contribution in [0.5, 0.6) is 0 Å². The van der Waals surface area contributed by atoms with Crippen LogP contribution in [0.4, 0.5) is 0 Å². The second-order valence-corrected chi connectivity index (χ2v) is 5.43. The molecule has 0 fully saturated rings. The maximum absolute atomic E-state index is 12.0. The molecule has 9 nitrogen and oxygen atoms in total. The first kappa shape index (κ1) is 22.3. The Morgan fingerprint density at radius 3 is 1.80 bits per heavy atom. The van der Waals surface area contributed by atoms with E-state index in [9.17, 15) is 19.2 Å². The van der Waals surface area contributed by atoms with Gasteiger partial charge in [-0.1, -0.05) is 27.0 Å². The highest BCUT2D eigenvalue weighted by Gasteiger charge is 2.26. The van der Waals surface area contributed by atoms with Crippen molar-refractivity contribution < 1.29 is 30.0 Å². The summed E-state index contributed by atoms with van der Waals surface area (Å²) in [4.78, 5) is 46.4. The molecule has 0 bridgehead atoms. The van der Waals surface area contributed by atoms with Crippen molar-refractivity contribution >= 4 is 23.7 Å². The van der Waals surface area contributed by atoms with Crippen molar-refractivity contribution in [3.05, 3.63) is 24.3 Å². The lowest BCUT2D eigenvalue weighted by atomic mass is 10.2. The molecule has 2 atom stereocenters. The van der Waals surface area contributed by atoms with Gasteiger partial charge >= 0.3 is 5.97 Å². The Balaban J connectivity index is 4.55. The highest BCUT2D eigenvalue weighted by Crippen LogP contribution is 1.96. The van der Waals surface area contributed by atoms with Crippen LogP contribution in [0.25, 0.3) is 0 Å². The van der Waals surface area contributed by atoms with Crippen molar-refractivity contribution in [1.29, 1.82) is 0 Å². The fraction of sp³-hybridized carbons (Fsp3) is 0.500. The van der Waals surface area contributed by atoms with Gasteiger partial charge in [0.05, 0.1) is 6.54 Å². The zero-order valence-electron chi connectivity index (χ0n) is 14.7. The number of nitrogens with one attached hydrogen (secondary N) is 3. The number of carboxylic acid groups (broad SMARTS) is 1. The molecule has 0 aliphatic rings. The van der Waals surface area contributed by atoms with Gasteiger partial charge in [0.1, 0.15) is 6.04 Å². The third-order valence-electron chi connectivity index (χ3n) is 3.46. The van der Waals surface area contributed by atoms with Gasteiger partial charge in [0.25, 0.3) is 5.91 Å². The number of carbonyl (C=O) groups excluding carboxylic acids is 3. The lowest BCUT2D eigenvalue weighted by Crippen LogP contribution is -2.72. The second-order valence-electron chi connectivity index (χ2n) is 5.43. The monoisotopic (exact) mass is 355 g/mol. The molecular formula is C16H27N4O5+. The van der Waals surface area contributed by atoms with E-state index in [1.165, 1.54) is 0 Å². The molecule has 140 valence electrons. The number of amides is 3. The Morgan fingerprint density at radius 1 is 0.960 bits per heavy atom. The van der Waals surface area contributed by atoms with Crippen molar-refractivity contribution in [2.75, 3.05) is 13.1 Å². The summed E-state index contributed by atoms with van der Waals surface area (Å²) in [5.41, 5.74) is 4.27. The first-order chi connectivity index (χ1) is 11.6. The third kappa shape index (κ3) is 8.11. The highest BCUT2D eigenvalue weighted by atomic mass is 16.4. The molecule has 0 rings (SSSR count). The molecule has 3 amide bonds. The predicted octanol–water partition coefficient (Wildman–Crippen LogP) is -1.67. The molecule has 0 spiro atoms. The van der Waals surface area contributed by atoms with E-state index in [-0.39, 0.29) is 19.0 Å². The fourth-order valence-corrected chi connectivity index (χ4v) is 1.56. The third-order valence-corrected chi connectivity index (χ3v) is 3.46. The molecule has 0 aromatic rings. The summed E-state index contributed by atoms with van der Waals surface area (Å²) in [6.45, 7) is 10.3. The number of aliphatic carboxylic acids is 1. The van der Waals surface area contributed by atoms with Gasteiger partial charge in [-0.3, -0.25) is 14.4 Å². The number of hydrogen-bond donors (Lipinski definition) is 5. The Labute approximate surface area is 146 Å².